The van der Waals surface area contributed by atoms with E-state index in [4.69, 9.17) is 10.5 Å². The Morgan fingerprint density at radius 3 is 2.32 bits per heavy atom. The zero-order chi connectivity index (χ0) is 13.7. The summed E-state index contributed by atoms with van der Waals surface area (Å²) in [5, 5.41) is 2.85. The first kappa shape index (κ1) is 17.7. The van der Waals surface area contributed by atoms with Gasteiger partial charge in [-0.2, -0.15) is 0 Å². The molecule has 0 spiro atoms. The number of para-hydroxylation sites is 2. The topological polar surface area (TPSA) is 64.3 Å². The first-order valence-electron chi connectivity index (χ1n) is 6.24. The van der Waals surface area contributed by atoms with Crippen LogP contribution in [0.4, 0.5) is 5.69 Å². The van der Waals surface area contributed by atoms with Crippen molar-refractivity contribution in [1.82, 2.24) is 0 Å². The van der Waals surface area contributed by atoms with E-state index < -0.39 is 0 Å². The molecule has 0 saturated carbocycles. The van der Waals surface area contributed by atoms with Crippen LogP contribution in [-0.4, -0.2) is 18.1 Å². The number of hydrogen-bond acceptors (Lipinski definition) is 3. The fourth-order valence-corrected chi connectivity index (χ4v) is 1.41. The van der Waals surface area contributed by atoms with Gasteiger partial charge in [-0.15, -0.1) is 12.4 Å². The van der Waals surface area contributed by atoms with Crippen LogP contribution in [0.25, 0.3) is 0 Å². The highest BCUT2D eigenvalue weighted by atomic mass is 35.5. The highest BCUT2D eigenvalue weighted by molar-refractivity contribution is 5.94. The summed E-state index contributed by atoms with van der Waals surface area (Å²) in [4.78, 5) is 11.9. The predicted molar refractivity (Wildman–Crippen MR) is 80.9 cm³/mol. The number of nitrogens with one attached hydrogen (secondary N) is 1. The molecule has 5 heteroatoms. The van der Waals surface area contributed by atoms with Crippen LogP contribution in [0.1, 0.15) is 27.7 Å². The monoisotopic (exact) mass is 286 g/mol. The van der Waals surface area contributed by atoms with Gasteiger partial charge in [-0.05, 0) is 32.9 Å². The molecule has 0 aromatic heterocycles. The van der Waals surface area contributed by atoms with Crippen molar-refractivity contribution in [2.45, 2.75) is 39.8 Å². The largest absolute Gasteiger partial charge is 0.489 e. The molecule has 1 aromatic rings. The molecule has 0 heterocycles. The number of nitrogens with two attached hydrogens (primary N) is 1. The van der Waals surface area contributed by atoms with E-state index >= 15 is 0 Å². The smallest absolute Gasteiger partial charge is 0.228 e. The Hall–Kier alpha value is -1.26. The van der Waals surface area contributed by atoms with E-state index in [2.05, 4.69) is 5.32 Å². The van der Waals surface area contributed by atoms with E-state index in [0.717, 1.165) is 0 Å². The van der Waals surface area contributed by atoms with E-state index in [0.29, 0.717) is 11.4 Å². The summed E-state index contributed by atoms with van der Waals surface area (Å²) < 4.78 is 5.64. The SMILES string of the molecule is CC(C)Oc1ccccc1NC(=O)C(C)C(C)N.Cl. The number of anilines is 1. The van der Waals surface area contributed by atoms with Gasteiger partial charge < -0.3 is 15.8 Å². The molecule has 4 nitrogen and oxygen atoms in total. The lowest BCUT2D eigenvalue weighted by molar-refractivity contribution is -0.119. The molecule has 0 radical (unpaired) electrons. The van der Waals surface area contributed by atoms with E-state index in [1.807, 2.05) is 52.0 Å². The van der Waals surface area contributed by atoms with Crippen LogP contribution in [-0.2, 0) is 4.79 Å². The van der Waals surface area contributed by atoms with Crippen molar-refractivity contribution >= 4 is 24.0 Å². The van der Waals surface area contributed by atoms with E-state index in [1.165, 1.54) is 0 Å². The van der Waals surface area contributed by atoms with Crippen molar-refractivity contribution in [2.75, 3.05) is 5.32 Å². The number of rotatable bonds is 5. The maximum atomic E-state index is 11.9. The van der Waals surface area contributed by atoms with Crippen LogP contribution in [0.2, 0.25) is 0 Å². The predicted octanol–water partition coefficient (Wildman–Crippen LogP) is 2.82. The van der Waals surface area contributed by atoms with Crippen LogP contribution < -0.4 is 15.8 Å². The summed E-state index contributed by atoms with van der Waals surface area (Å²) in [6.07, 6.45) is 0.0638. The number of benzene rings is 1. The van der Waals surface area contributed by atoms with Crippen LogP contribution in [0, 0.1) is 5.92 Å². The first-order chi connectivity index (χ1) is 8.41. The van der Waals surface area contributed by atoms with Crippen molar-refractivity contribution in [2.24, 2.45) is 11.7 Å². The third-order valence-electron chi connectivity index (χ3n) is 2.71. The lowest BCUT2D eigenvalue weighted by Crippen LogP contribution is -2.34. The quantitative estimate of drug-likeness (QED) is 0.875. The Morgan fingerprint density at radius 1 is 1.21 bits per heavy atom. The molecule has 0 aliphatic carbocycles. The van der Waals surface area contributed by atoms with E-state index in [-0.39, 0.29) is 36.4 Å². The summed E-state index contributed by atoms with van der Waals surface area (Å²) in [7, 11) is 0. The third kappa shape index (κ3) is 5.49. The Bertz CT molecular complexity index is 408. The molecule has 0 saturated heterocycles. The summed E-state index contributed by atoms with van der Waals surface area (Å²) in [5.74, 6) is 0.347. The van der Waals surface area contributed by atoms with Crippen LogP contribution >= 0.6 is 12.4 Å². The zero-order valence-electron chi connectivity index (χ0n) is 11.8. The Morgan fingerprint density at radius 2 is 1.79 bits per heavy atom. The molecule has 1 rings (SSSR count). The summed E-state index contributed by atoms with van der Waals surface area (Å²) >= 11 is 0. The highest BCUT2D eigenvalue weighted by Gasteiger charge is 2.18. The van der Waals surface area contributed by atoms with Gasteiger partial charge in [-0.25, -0.2) is 0 Å². The molecule has 2 atom stereocenters. The van der Waals surface area contributed by atoms with Crippen molar-refractivity contribution in [3.05, 3.63) is 24.3 Å². The zero-order valence-corrected chi connectivity index (χ0v) is 12.7. The molecule has 108 valence electrons. The average molecular weight is 287 g/mol. The first-order valence-corrected chi connectivity index (χ1v) is 6.24. The van der Waals surface area contributed by atoms with Gasteiger partial charge >= 0.3 is 0 Å². The number of carbonyl (C=O) groups excluding carboxylic acids is 1. The van der Waals surface area contributed by atoms with Gasteiger partial charge in [-0.1, -0.05) is 19.1 Å². The minimum atomic E-state index is -0.239. The third-order valence-corrected chi connectivity index (χ3v) is 2.71. The van der Waals surface area contributed by atoms with Gasteiger partial charge in [0.25, 0.3) is 0 Å². The molecule has 1 amide bonds. The molecule has 19 heavy (non-hydrogen) atoms. The molecular formula is C14H23ClN2O2. The van der Waals surface area contributed by atoms with Gasteiger partial charge in [0.15, 0.2) is 0 Å². The lowest BCUT2D eigenvalue weighted by Gasteiger charge is -2.18. The van der Waals surface area contributed by atoms with Crippen molar-refractivity contribution in [3.63, 3.8) is 0 Å². The molecular weight excluding hydrogens is 264 g/mol. The highest BCUT2D eigenvalue weighted by Crippen LogP contribution is 2.25. The molecule has 0 aliphatic heterocycles. The maximum Gasteiger partial charge on any atom is 0.228 e. The second kappa shape index (κ2) is 8.02. The summed E-state index contributed by atoms with van der Waals surface area (Å²) in [5.41, 5.74) is 6.40. The number of hydrogen-bond donors (Lipinski definition) is 2. The van der Waals surface area contributed by atoms with Crippen LogP contribution in [0.15, 0.2) is 24.3 Å². The van der Waals surface area contributed by atoms with Gasteiger partial charge in [0.1, 0.15) is 5.75 Å². The number of halogens is 1. The second-order valence-corrected chi connectivity index (χ2v) is 4.80. The van der Waals surface area contributed by atoms with E-state index in [9.17, 15) is 4.79 Å². The van der Waals surface area contributed by atoms with Gasteiger partial charge in [0.2, 0.25) is 5.91 Å². The Kier molecular flexibility index (Phi) is 7.49. The van der Waals surface area contributed by atoms with Gasteiger partial charge in [0, 0.05) is 6.04 Å². The van der Waals surface area contributed by atoms with Gasteiger partial charge in [0.05, 0.1) is 17.7 Å². The molecule has 3 N–H and O–H groups in total. The molecule has 2 unspecified atom stereocenters. The lowest BCUT2D eigenvalue weighted by atomic mass is 10.0. The van der Waals surface area contributed by atoms with Crippen molar-refractivity contribution < 1.29 is 9.53 Å². The molecule has 0 aliphatic rings. The molecule has 1 aromatic carbocycles. The van der Waals surface area contributed by atoms with Gasteiger partial charge in [-0.3, -0.25) is 4.79 Å². The molecule has 0 bridgehead atoms. The summed E-state index contributed by atoms with van der Waals surface area (Å²) in [6, 6.07) is 7.22. The standard InChI is InChI=1S/C14H22N2O2.ClH/c1-9(2)18-13-8-6-5-7-12(13)16-14(17)10(3)11(4)15;/h5-11H,15H2,1-4H3,(H,16,17);1H. The molecule has 0 fully saturated rings. The summed E-state index contributed by atoms with van der Waals surface area (Å²) in [6.45, 7) is 7.53. The van der Waals surface area contributed by atoms with Crippen molar-refractivity contribution in [3.8, 4) is 5.75 Å². The van der Waals surface area contributed by atoms with Crippen LogP contribution in [0.5, 0.6) is 5.75 Å². The average Bonchev–Trinajstić information content (AvgIpc) is 2.29. The normalized spacial score (nSPS) is 13.4. The number of ether oxygens (including phenoxy) is 1. The minimum Gasteiger partial charge on any atom is -0.489 e. The van der Waals surface area contributed by atoms with Crippen LogP contribution in [0.3, 0.4) is 0 Å². The Balaban J connectivity index is 0.00000324. The Labute approximate surface area is 121 Å². The number of carbonyl (C=O) groups is 1. The second-order valence-electron chi connectivity index (χ2n) is 4.80. The van der Waals surface area contributed by atoms with E-state index in [1.54, 1.807) is 0 Å². The fourth-order valence-electron chi connectivity index (χ4n) is 1.41. The fraction of sp³-hybridized carbons (Fsp3) is 0.500. The van der Waals surface area contributed by atoms with Crippen molar-refractivity contribution in [1.29, 1.82) is 0 Å². The number of amides is 1. The maximum absolute atomic E-state index is 11.9. The minimum absolute atomic E-state index is 0.